The van der Waals surface area contributed by atoms with E-state index in [1.54, 1.807) is 0 Å². The number of benzene rings is 1. The monoisotopic (exact) mass is 311 g/mol. The van der Waals surface area contributed by atoms with Gasteiger partial charge in [-0.3, -0.25) is 4.79 Å². The van der Waals surface area contributed by atoms with Crippen molar-refractivity contribution >= 4 is 17.7 Å². The van der Waals surface area contributed by atoms with Crippen LogP contribution >= 0.6 is 11.8 Å². The number of carbonyl (C=O) groups excluding carboxylic acids is 1. The average molecular weight is 311 g/mol. The molecule has 0 aromatic heterocycles. The molecule has 0 aliphatic rings. The van der Waals surface area contributed by atoms with Gasteiger partial charge in [0.1, 0.15) is 5.75 Å². The zero-order chi connectivity index (χ0) is 15.7. The number of rotatable bonds is 9. The lowest BCUT2D eigenvalue weighted by atomic mass is 10.0. The highest BCUT2D eigenvalue weighted by atomic mass is 32.2. The minimum Gasteiger partial charge on any atom is -0.494 e. The van der Waals surface area contributed by atoms with E-state index in [1.165, 1.54) is 11.8 Å². The van der Waals surface area contributed by atoms with Crippen LogP contribution in [0.4, 0.5) is 0 Å². The van der Waals surface area contributed by atoms with E-state index in [9.17, 15) is 4.79 Å². The summed E-state index contributed by atoms with van der Waals surface area (Å²) in [6.07, 6.45) is 0.594. The van der Waals surface area contributed by atoms with Crippen LogP contribution < -0.4 is 10.1 Å². The van der Waals surface area contributed by atoms with Crippen LogP contribution in [-0.2, 0) is 4.79 Å². The summed E-state index contributed by atoms with van der Waals surface area (Å²) < 4.78 is 5.38. The Balaban J connectivity index is 2.41. The van der Waals surface area contributed by atoms with E-state index >= 15 is 0 Å². The van der Waals surface area contributed by atoms with Crippen LogP contribution in [0.1, 0.15) is 27.2 Å². The summed E-state index contributed by atoms with van der Waals surface area (Å²) >= 11 is 1.50. The van der Waals surface area contributed by atoms with Gasteiger partial charge in [0.25, 0.3) is 0 Å². The molecule has 0 aliphatic heterocycles. The summed E-state index contributed by atoms with van der Waals surface area (Å²) in [6.45, 7) is 6.77. The fourth-order valence-electron chi connectivity index (χ4n) is 1.91. The van der Waals surface area contributed by atoms with Gasteiger partial charge in [-0.25, -0.2) is 0 Å². The lowest BCUT2D eigenvalue weighted by Crippen LogP contribution is -2.40. The molecule has 0 heterocycles. The first kappa shape index (κ1) is 17.9. The van der Waals surface area contributed by atoms with E-state index in [-0.39, 0.29) is 18.6 Å². The Morgan fingerprint density at radius 2 is 2.00 bits per heavy atom. The fraction of sp³-hybridized carbons (Fsp3) is 0.562. The molecule has 1 amide bonds. The van der Waals surface area contributed by atoms with Crippen LogP contribution in [0.3, 0.4) is 0 Å². The number of hydrogen-bond acceptors (Lipinski definition) is 4. The molecule has 0 bridgehead atoms. The first-order valence-corrected chi connectivity index (χ1v) is 8.31. The van der Waals surface area contributed by atoms with Crippen molar-refractivity contribution in [1.29, 1.82) is 0 Å². The van der Waals surface area contributed by atoms with Gasteiger partial charge in [-0.15, -0.1) is 11.8 Å². The number of amides is 1. The van der Waals surface area contributed by atoms with Gasteiger partial charge in [0.05, 0.1) is 12.4 Å². The lowest BCUT2D eigenvalue weighted by Gasteiger charge is -2.21. The number of ether oxygens (including phenoxy) is 1. The Morgan fingerprint density at radius 1 is 1.33 bits per heavy atom. The van der Waals surface area contributed by atoms with Gasteiger partial charge in [0.2, 0.25) is 5.91 Å². The van der Waals surface area contributed by atoms with E-state index in [4.69, 9.17) is 9.84 Å². The molecule has 0 fully saturated rings. The minimum absolute atomic E-state index is 0.000958. The largest absolute Gasteiger partial charge is 0.494 e. The van der Waals surface area contributed by atoms with Crippen molar-refractivity contribution in [2.45, 2.75) is 38.1 Å². The molecular weight excluding hydrogens is 286 g/mol. The van der Waals surface area contributed by atoms with E-state index in [1.807, 2.05) is 45.0 Å². The standard InChI is InChI=1S/C16H25NO3S/c1-4-20-13-5-7-14(8-6-13)21-11-16(19)17-15(9-10-18)12(2)3/h5-8,12,15,18H,4,9-11H2,1-3H3,(H,17,19). The quantitative estimate of drug-likeness (QED) is 0.689. The van der Waals surface area contributed by atoms with E-state index in [0.29, 0.717) is 24.7 Å². The summed E-state index contributed by atoms with van der Waals surface area (Å²) in [7, 11) is 0. The van der Waals surface area contributed by atoms with Gasteiger partial charge in [-0.05, 0) is 43.5 Å². The maximum absolute atomic E-state index is 11.9. The molecule has 5 heteroatoms. The van der Waals surface area contributed by atoms with Crippen molar-refractivity contribution in [2.75, 3.05) is 19.0 Å². The summed E-state index contributed by atoms with van der Waals surface area (Å²) in [6, 6.07) is 7.76. The van der Waals surface area contributed by atoms with Crippen molar-refractivity contribution in [3.05, 3.63) is 24.3 Å². The SMILES string of the molecule is CCOc1ccc(SCC(=O)NC(CCO)C(C)C)cc1. The molecule has 1 aromatic rings. The third-order valence-electron chi connectivity index (χ3n) is 3.10. The first-order valence-electron chi connectivity index (χ1n) is 7.32. The molecule has 1 atom stereocenters. The van der Waals surface area contributed by atoms with Crippen molar-refractivity contribution < 1.29 is 14.6 Å². The van der Waals surface area contributed by atoms with Crippen molar-refractivity contribution in [1.82, 2.24) is 5.32 Å². The highest BCUT2D eigenvalue weighted by molar-refractivity contribution is 8.00. The molecule has 1 unspecified atom stereocenters. The topological polar surface area (TPSA) is 58.6 Å². The van der Waals surface area contributed by atoms with Crippen LogP contribution in [0.25, 0.3) is 0 Å². The second-order valence-corrected chi connectivity index (χ2v) is 6.17. The summed E-state index contributed by atoms with van der Waals surface area (Å²) in [5.74, 6) is 1.54. The normalized spacial score (nSPS) is 12.2. The van der Waals surface area contributed by atoms with Crippen molar-refractivity contribution in [2.24, 2.45) is 5.92 Å². The molecule has 21 heavy (non-hydrogen) atoms. The number of nitrogens with one attached hydrogen (secondary N) is 1. The predicted molar refractivity (Wildman–Crippen MR) is 86.8 cm³/mol. The molecule has 1 rings (SSSR count). The zero-order valence-corrected chi connectivity index (χ0v) is 13.8. The Hall–Kier alpha value is -1.20. The third-order valence-corrected chi connectivity index (χ3v) is 4.11. The van der Waals surface area contributed by atoms with Crippen LogP contribution in [0.5, 0.6) is 5.75 Å². The van der Waals surface area contributed by atoms with Crippen LogP contribution in [0.2, 0.25) is 0 Å². The molecular formula is C16H25NO3S. The zero-order valence-electron chi connectivity index (χ0n) is 13.0. The lowest BCUT2D eigenvalue weighted by molar-refractivity contribution is -0.119. The second-order valence-electron chi connectivity index (χ2n) is 5.12. The highest BCUT2D eigenvalue weighted by Crippen LogP contribution is 2.21. The van der Waals surface area contributed by atoms with Crippen LogP contribution in [0.15, 0.2) is 29.2 Å². The summed E-state index contributed by atoms with van der Waals surface area (Å²) in [5.41, 5.74) is 0. The number of aliphatic hydroxyl groups excluding tert-OH is 1. The van der Waals surface area contributed by atoms with Crippen LogP contribution in [-0.4, -0.2) is 36.0 Å². The highest BCUT2D eigenvalue weighted by Gasteiger charge is 2.15. The van der Waals surface area contributed by atoms with Gasteiger partial charge in [-0.2, -0.15) is 0 Å². The van der Waals surface area contributed by atoms with E-state index in [0.717, 1.165) is 10.6 Å². The first-order chi connectivity index (χ1) is 10.1. The maximum atomic E-state index is 11.9. The molecule has 4 nitrogen and oxygen atoms in total. The number of aliphatic hydroxyl groups is 1. The fourth-order valence-corrected chi connectivity index (χ4v) is 2.62. The smallest absolute Gasteiger partial charge is 0.230 e. The van der Waals surface area contributed by atoms with Crippen LogP contribution in [0, 0.1) is 5.92 Å². The van der Waals surface area contributed by atoms with Gasteiger partial charge in [0.15, 0.2) is 0 Å². The molecule has 0 saturated heterocycles. The molecule has 2 N–H and O–H groups in total. The van der Waals surface area contributed by atoms with E-state index < -0.39 is 0 Å². The Labute approximate surface area is 131 Å². The van der Waals surface area contributed by atoms with Crippen molar-refractivity contribution in [3.63, 3.8) is 0 Å². The third kappa shape index (κ3) is 6.87. The van der Waals surface area contributed by atoms with Crippen molar-refractivity contribution in [3.8, 4) is 5.75 Å². The molecule has 1 aromatic carbocycles. The second kappa shape index (κ2) is 9.68. The van der Waals surface area contributed by atoms with Gasteiger partial charge in [0, 0.05) is 17.5 Å². The molecule has 0 saturated carbocycles. The summed E-state index contributed by atoms with van der Waals surface area (Å²) in [5, 5.41) is 12.0. The van der Waals surface area contributed by atoms with Gasteiger partial charge < -0.3 is 15.2 Å². The number of thioether (sulfide) groups is 1. The number of carbonyl (C=O) groups is 1. The molecule has 118 valence electrons. The Morgan fingerprint density at radius 3 is 2.52 bits per heavy atom. The number of hydrogen-bond donors (Lipinski definition) is 2. The maximum Gasteiger partial charge on any atom is 0.230 e. The summed E-state index contributed by atoms with van der Waals surface area (Å²) in [4.78, 5) is 13.0. The molecule has 0 aliphatic carbocycles. The minimum atomic E-state index is 0.000958. The Kier molecular flexibility index (Phi) is 8.23. The predicted octanol–water partition coefficient (Wildman–Crippen LogP) is 2.70. The Bertz CT molecular complexity index is 420. The van der Waals surface area contributed by atoms with E-state index in [2.05, 4.69) is 5.32 Å². The average Bonchev–Trinajstić information content (AvgIpc) is 2.46. The molecule has 0 radical (unpaired) electrons. The van der Waals surface area contributed by atoms with Gasteiger partial charge in [-0.1, -0.05) is 13.8 Å². The van der Waals surface area contributed by atoms with Gasteiger partial charge >= 0.3 is 0 Å². The molecule has 0 spiro atoms.